The lowest BCUT2D eigenvalue weighted by molar-refractivity contribution is 0.359. The van der Waals surface area contributed by atoms with E-state index < -0.39 is 0 Å². The molecule has 6 heteroatoms. The Labute approximate surface area is 114 Å². The van der Waals surface area contributed by atoms with Crippen molar-refractivity contribution in [3.63, 3.8) is 0 Å². The highest BCUT2D eigenvalue weighted by molar-refractivity contribution is 6.28. The van der Waals surface area contributed by atoms with Crippen LogP contribution in [0.25, 0.3) is 10.9 Å². The van der Waals surface area contributed by atoms with E-state index in [1.165, 1.54) is 10.6 Å². The summed E-state index contributed by atoms with van der Waals surface area (Å²) in [6.45, 7) is 1.71. The molecular formula is C13H14ClN3O2. The molecule has 2 heterocycles. The van der Waals surface area contributed by atoms with Gasteiger partial charge in [-0.3, -0.25) is 9.36 Å². The predicted octanol–water partition coefficient (Wildman–Crippen LogP) is 1.68. The van der Waals surface area contributed by atoms with Gasteiger partial charge in [0.15, 0.2) is 0 Å². The quantitative estimate of drug-likeness (QED) is 0.780. The summed E-state index contributed by atoms with van der Waals surface area (Å²) in [5.74, 6) is -0.0469. The molecule has 0 atom stereocenters. The second-order valence-corrected chi connectivity index (χ2v) is 5.05. The van der Waals surface area contributed by atoms with Crippen molar-refractivity contribution < 1.29 is 5.11 Å². The maximum Gasteiger partial charge on any atom is 0.266 e. The summed E-state index contributed by atoms with van der Waals surface area (Å²) in [5, 5.41) is 13.5. The van der Waals surface area contributed by atoms with Crippen molar-refractivity contribution >= 4 is 22.5 Å². The zero-order valence-corrected chi connectivity index (χ0v) is 11.0. The minimum absolute atomic E-state index is 0.0396. The molecule has 0 unspecified atom stereocenters. The van der Waals surface area contributed by atoms with Crippen LogP contribution in [0.5, 0.6) is 5.75 Å². The monoisotopic (exact) mass is 279 g/mol. The number of hydrogen-bond acceptors (Lipinski definition) is 4. The van der Waals surface area contributed by atoms with Gasteiger partial charge >= 0.3 is 0 Å². The van der Waals surface area contributed by atoms with E-state index >= 15 is 0 Å². The maximum absolute atomic E-state index is 12.5. The van der Waals surface area contributed by atoms with Crippen LogP contribution in [0.3, 0.4) is 0 Å². The van der Waals surface area contributed by atoms with Crippen LogP contribution in [-0.4, -0.2) is 27.7 Å². The third-order valence-electron chi connectivity index (χ3n) is 3.54. The lowest BCUT2D eigenvalue weighted by Gasteiger charge is -2.25. The minimum Gasteiger partial charge on any atom is -0.507 e. The summed E-state index contributed by atoms with van der Waals surface area (Å²) < 4.78 is 1.50. The van der Waals surface area contributed by atoms with E-state index in [1.807, 2.05) is 0 Å². The fourth-order valence-electron chi connectivity index (χ4n) is 2.58. The lowest BCUT2D eigenvalue weighted by atomic mass is 10.1. The molecule has 1 fully saturated rings. The van der Waals surface area contributed by atoms with Gasteiger partial charge in [0.2, 0.25) is 5.28 Å². The number of aromatic hydroxyl groups is 1. The van der Waals surface area contributed by atoms with E-state index in [-0.39, 0.29) is 28.0 Å². The highest BCUT2D eigenvalue weighted by atomic mass is 35.5. The normalized spacial score (nSPS) is 16.9. The van der Waals surface area contributed by atoms with Crippen LogP contribution in [0.2, 0.25) is 5.28 Å². The van der Waals surface area contributed by atoms with Gasteiger partial charge in [0.05, 0.1) is 5.52 Å². The van der Waals surface area contributed by atoms with Gasteiger partial charge in [-0.05, 0) is 49.7 Å². The van der Waals surface area contributed by atoms with Crippen molar-refractivity contribution in [1.29, 1.82) is 0 Å². The number of hydrogen-bond donors (Lipinski definition) is 2. The molecule has 2 N–H and O–H groups in total. The Balaban J connectivity index is 2.24. The Morgan fingerprint density at radius 3 is 2.84 bits per heavy atom. The molecule has 1 saturated heterocycles. The van der Waals surface area contributed by atoms with Gasteiger partial charge in [0.1, 0.15) is 11.1 Å². The second kappa shape index (κ2) is 4.83. The van der Waals surface area contributed by atoms with Crippen LogP contribution in [0.1, 0.15) is 18.9 Å². The van der Waals surface area contributed by atoms with Crippen LogP contribution in [0.4, 0.5) is 0 Å². The summed E-state index contributed by atoms with van der Waals surface area (Å²) in [6, 6.07) is 4.86. The van der Waals surface area contributed by atoms with Crippen molar-refractivity contribution in [2.45, 2.75) is 18.9 Å². The molecule has 100 valence electrons. The zero-order chi connectivity index (χ0) is 13.4. The summed E-state index contributed by atoms with van der Waals surface area (Å²) in [4.78, 5) is 16.7. The first-order valence-electron chi connectivity index (χ1n) is 6.29. The first kappa shape index (κ1) is 12.4. The van der Waals surface area contributed by atoms with E-state index in [4.69, 9.17) is 11.6 Å². The van der Waals surface area contributed by atoms with Crippen molar-refractivity contribution in [3.05, 3.63) is 33.8 Å². The van der Waals surface area contributed by atoms with Gasteiger partial charge in [0, 0.05) is 6.04 Å². The third-order valence-corrected chi connectivity index (χ3v) is 3.81. The molecule has 2 aromatic rings. The molecule has 0 radical (unpaired) electrons. The molecule has 19 heavy (non-hydrogen) atoms. The smallest absolute Gasteiger partial charge is 0.266 e. The van der Waals surface area contributed by atoms with Crippen molar-refractivity contribution in [3.8, 4) is 5.75 Å². The highest BCUT2D eigenvalue weighted by Crippen LogP contribution is 2.25. The Kier molecular flexibility index (Phi) is 3.16. The Bertz CT molecular complexity index is 677. The Morgan fingerprint density at radius 1 is 1.37 bits per heavy atom. The number of rotatable bonds is 1. The topological polar surface area (TPSA) is 67.1 Å². The first-order valence-corrected chi connectivity index (χ1v) is 6.66. The predicted molar refractivity (Wildman–Crippen MR) is 73.8 cm³/mol. The summed E-state index contributed by atoms with van der Waals surface area (Å²) in [7, 11) is 0. The number of phenolic OH excluding ortho intramolecular Hbond substituents is 1. The molecular weight excluding hydrogens is 266 g/mol. The van der Waals surface area contributed by atoms with Gasteiger partial charge in [-0.1, -0.05) is 6.07 Å². The van der Waals surface area contributed by atoms with Crippen LogP contribution >= 0.6 is 11.6 Å². The fourth-order valence-corrected chi connectivity index (χ4v) is 2.89. The molecule has 0 aliphatic carbocycles. The molecule has 1 aromatic carbocycles. The first-order chi connectivity index (χ1) is 9.18. The number of piperidine rings is 1. The van der Waals surface area contributed by atoms with E-state index in [0.717, 1.165) is 25.9 Å². The highest BCUT2D eigenvalue weighted by Gasteiger charge is 2.21. The number of phenols is 1. The van der Waals surface area contributed by atoms with E-state index in [9.17, 15) is 9.90 Å². The standard InChI is InChI=1S/C13H14ClN3O2/c14-13-16-9-2-1-3-10(18)11(9)12(19)17(13)8-4-6-15-7-5-8/h1-3,8,15,18H,4-7H2. The van der Waals surface area contributed by atoms with E-state index in [0.29, 0.717) is 5.52 Å². The van der Waals surface area contributed by atoms with Crippen LogP contribution in [0.15, 0.2) is 23.0 Å². The van der Waals surface area contributed by atoms with Crippen LogP contribution < -0.4 is 10.9 Å². The van der Waals surface area contributed by atoms with E-state index in [2.05, 4.69) is 10.3 Å². The van der Waals surface area contributed by atoms with Crippen molar-refractivity contribution in [1.82, 2.24) is 14.9 Å². The summed E-state index contributed by atoms with van der Waals surface area (Å²) in [6.07, 6.45) is 1.67. The van der Waals surface area contributed by atoms with Crippen LogP contribution in [0, 0.1) is 0 Å². The number of benzene rings is 1. The van der Waals surface area contributed by atoms with Gasteiger partial charge in [-0.15, -0.1) is 0 Å². The van der Waals surface area contributed by atoms with Gasteiger partial charge in [-0.25, -0.2) is 4.98 Å². The fraction of sp³-hybridized carbons (Fsp3) is 0.385. The van der Waals surface area contributed by atoms with Crippen molar-refractivity contribution in [2.24, 2.45) is 0 Å². The Morgan fingerprint density at radius 2 is 2.11 bits per heavy atom. The average molecular weight is 280 g/mol. The Hall–Kier alpha value is -1.59. The van der Waals surface area contributed by atoms with Gasteiger partial charge < -0.3 is 10.4 Å². The van der Waals surface area contributed by atoms with Crippen molar-refractivity contribution in [2.75, 3.05) is 13.1 Å². The zero-order valence-electron chi connectivity index (χ0n) is 10.3. The second-order valence-electron chi connectivity index (χ2n) is 4.71. The average Bonchev–Trinajstić information content (AvgIpc) is 2.39. The molecule has 3 rings (SSSR count). The molecule has 0 saturated carbocycles. The molecule has 0 amide bonds. The molecule has 1 aromatic heterocycles. The molecule has 0 spiro atoms. The number of nitrogens with zero attached hydrogens (tertiary/aromatic N) is 2. The lowest BCUT2D eigenvalue weighted by Crippen LogP contribution is -2.35. The largest absolute Gasteiger partial charge is 0.507 e. The number of aromatic nitrogens is 2. The summed E-state index contributed by atoms with van der Waals surface area (Å²) in [5.41, 5.74) is 0.167. The summed E-state index contributed by atoms with van der Waals surface area (Å²) >= 11 is 6.14. The van der Waals surface area contributed by atoms with Gasteiger partial charge in [-0.2, -0.15) is 0 Å². The number of fused-ring (bicyclic) bond motifs is 1. The van der Waals surface area contributed by atoms with E-state index in [1.54, 1.807) is 12.1 Å². The van der Waals surface area contributed by atoms with Crippen LogP contribution in [-0.2, 0) is 0 Å². The maximum atomic E-state index is 12.5. The number of halogens is 1. The SMILES string of the molecule is O=c1c2c(O)cccc2nc(Cl)n1C1CCNCC1. The third kappa shape index (κ3) is 2.09. The molecule has 1 aliphatic rings. The molecule has 0 bridgehead atoms. The van der Waals surface area contributed by atoms with Gasteiger partial charge in [0.25, 0.3) is 5.56 Å². The molecule has 5 nitrogen and oxygen atoms in total. The minimum atomic E-state index is -0.264. The number of nitrogens with one attached hydrogen (secondary N) is 1. The molecule has 1 aliphatic heterocycles.